The highest BCUT2D eigenvalue weighted by Crippen LogP contribution is 2.37. The van der Waals surface area contributed by atoms with E-state index >= 15 is 0 Å². The lowest BCUT2D eigenvalue weighted by molar-refractivity contribution is -0.138. The maximum atomic E-state index is 14.3. The van der Waals surface area contributed by atoms with E-state index in [2.05, 4.69) is 20.6 Å². The number of carboxylic acids is 2. The largest absolute Gasteiger partial charge is 0.494 e. The van der Waals surface area contributed by atoms with Crippen LogP contribution in [0.1, 0.15) is 68.2 Å². The van der Waals surface area contributed by atoms with E-state index in [1.54, 1.807) is 48.5 Å². The second-order valence-electron chi connectivity index (χ2n) is 13.8. The summed E-state index contributed by atoms with van der Waals surface area (Å²) in [7, 11) is 2.85. The van der Waals surface area contributed by atoms with Crippen LogP contribution in [0.25, 0.3) is 22.5 Å². The lowest BCUT2D eigenvalue weighted by Crippen LogP contribution is -2.31. The summed E-state index contributed by atoms with van der Waals surface area (Å²) >= 11 is 12.5. The van der Waals surface area contributed by atoms with E-state index in [1.165, 1.54) is 38.5 Å². The smallest absolute Gasteiger partial charge is 0.305 e. The van der Waals surface area contributed by atoms with E-state index in [4.69, 9.17) is 32.7 Å². The molecule has 2 atom stereocenters. The Bertz CT molecular complexity index is 2600. The summed E-state index contributed by atoms with van der Waals surface area (Å²) in [6.07, 6.45) is -0.595. The Morgan fingerprint density at radius 2 is 1.08 bits per heavy atom. The molecule has 6 rings (SSSR count). The van der Waals surface area contributed by atoms with Gasteiger partial charge in [0, 0.05) is 17.2 Å². The first-order valence-corrected chi connectivity index (χ1v) is 19.5. The number of hydrogen-bond donors (Lipinski definition) is 4. The number of amides is 2. The number of carboxylic acid groups (broad SMARTS) is 2. The number of nitrogens with one attached hydrogen (secondary N) is 2. The van der Waals surface area contributed by atoms with Crippen molar-refractivity contribution in [2.75, 3.05) is 14.2 Å². The van der Waals surface area contributed by atoms with E-state index < -0.39 is 47.5 Å². The minimum Gasteiger partial charge on any atom is -0.494 e. The summed E-state index contributed by atoms with van der Waals surface area (Å²) in [4.78, 5) is 57.1. The molecule has 0 bridgehead atoms. The van der Waals surface area contributed by atoms with Gasteiger partial charge in [0.2, 0.25) is 0 Å². The van der Waals surface area contributed by atoms with Gasteiger partial charge < -0.3 is 30.3 Å². The standard InChI is InChI=1S/C23H20Cl2N2O4.C23H20F2N2O4/c1-13-6-8-14(9-7-13)18(12-20(28)29)27-23(30)17-10-11-19(31-2)22(26-17)15-4-3-5-16(24)21(15)25;1-13-3-5-14(6-4-13)19(12-21(28)29)27-23(30)18-9-10-20(31-2)22(26-18)16-8-7-15(24)11-17(16)25/h3-11,18H,12H2,1-2H3,(H,27,30)(H,28,29);3-11,19H,12H2,1-2H3,(H,27,30)(H,28,29)/t18-;19-/m00/s1. The SMILES string of the molecule is COc1ccc(C(=O)N[C@@H](CC(=O)O)c2ccc(C)cc2)nc1-c1ccc(F)cc1F.COc1ccc(C(=O)N[C@@H](CC(=O)O)c2ccc(C)cc2)nc1-c1cccc(Cl)c1Cl. The maximum absolute atomic E-state index is 14.3. The van der Waals surface area contributed by atoms with Crippen LogP contribution in [0.2, 0.25) is 10.0 Å². The summed E-state index contributed by atoms with van der Waals surface area (Å²) in [5, 5.41) is 24.6. The lowest BCUT2D eigenvalue weighted by Gasteiger charge is -2.18. The zero-order chi connectivity index (χ0) is 45.1. The predicted octanol–water partition coefficient (Wildman–Crippen LogP) is 9.61. The highest BCUT2D eigenvalue weighted by atomic mass is 35.5. The summed E-state index contributed by atoms with van der Waals surface area (Å²) < 4.78 is 38.1. The molecule has 0 aliphatic carbocycles. The van der Waals surface area contributed by atoms with Crippen molar-refractivity contribution in [2.45, 2.75) is 38.8 Å². The Morgan fingerprint density at radius 3 is 1.50 bits per heavy atom. The Balaban J connectivity index is 0.000000234. The zero-order valence-electron chi connectivity index (χ0n) is 33.7. The summed E-state index contributed by atoms with van der Waals surface area (Å²) in [6.45, 7) is 3.82. The number of halogens is 4. The summed E-state index contributed by atoms with van der Waals surface area (Å²) in [6, 6.07) is 26.9. The Labute approximate surface area is 365 Å². The third-order valence-electron chi connectivity index (χ3n) is 9.34. The molecule has 2 aromatic heterocycles. The molecule has 4 aromatic carbocycles. The Morgan fingerprint density at radius 1 is 0.629 bits per heavy atom. The van der Waals surface area contributed by atoms with Crippen LogP contribution in [0, 0.1) is 25.5 Å². The molecule has 0 radical (unpaired) electrons. The average Bonchev–Trinajstić information content (AvgIpc) is 3.24. The van der Waals surface area contributed by atoms with Crippen LogP contribution in [0.4, 0.5) is 8.78 Å². The molecule has 6 aromatic rings. The van der Waals surface area contributed by atoms with Crippen molar-refractivity contribution >= 4 is 47.0 Å². The fourth-order valence-electron chi connectivity index (χ4n) is 6.14. The minimum atomic E-state index is -1.08. The summed E-state index contributed by atoms with van der Waals surface area (Å²) in [5.74, 6) is -4.26. The predicted molar refractivity (Wildman–Crippen MR) is 230 cm³/mol. The first-order chi connectivity index (χ1) is 29.6. The lowest BCUT2D eigenvalue weighted by atomic mass is 10.0. The van der Waals surface area contributed by atoms with Gasteiger partial charge in [-0.05, 0) is 67.4 Å². The fraction of sp³-hybridized carbons (Fsp3) is 0.174. The molecule has 0 saturated carbocycles. The molecule has 2 heterocycles. The van der Waals surface area contributed by atoms with Crippen molar-refractivity contribution in [3.05, 3.63) is 165 Å². The number of pyridine rings is 2. The molecule has 4 N–H and O–H groups in total. The van der Waals surface area contributed by atoms with Gasteiger partial charge in [0.15, 0.2) is 0 Å². The van der Waals surface area contributed by atoms with E-state index in [0.29, 0.717) is 39.2 Å². The first kappa shape index (κ1) is 46.2. The number of ether oxygens (including phenoxy) is 2. The highest BCUT2D eigenvalue weighted by molar-refractivity contribution is 6.43. The molecule has 2 amide bonds. The molecular weight excluding hydrogens is 845 g/mol. The van der Waals surface area contributed by atoms with Gasteiger partial charge in [0.25, 0.3) is 11.8 Å². The van der Waals surface area contributed by atoms with E-state index in [0.717, 1.165) is 17.2 Å². The maximum Gasteiger partial charge on any atom is 0.305 e. The minimum absolute atomic E-state index is 0.0257. The van der Waals surface area contributed by atoms with Gasteiger partial charge in [0.05, 0.1) is 49.2 Å². The molecule has 0 aliphatic rings. The monoisotopic (exact) mass is 884 g/mol. The van der Waals surface area contributed by atoms with Crippen LogP contribution >= 0.6 is 23.2 Å². The van der Waals surface area contributed by atoms with Gasteiger partial charge in [-0.2, -0.15) is 0 Å². The molecule has 320 valence electrons. The van der Waals surface area contributed by atoms with Crippen molar-refractivity contribution in [1.82, 2.24) is 20.6 Å². The number of aromatic nitrogens is 2. The van der Waals surface area contributed by atoms with Crippen LogP contribution in [-0.4, -0.2) is 58.2 Å². The van der Waals surface area contributed by atoms with Gasteiger partial charge >= 0.3 is 11.9 Å². The van der Waals surface area contributed by atoms with Gasteiger partial charge in [-0.3, -0.25) is 19.2 Å². The Hall–Kier alpha value is -6.90. The van der Waals surface area contributed by atoms with E-state index in [1.807, 2.05) is 38.1 Å². The fourth-order valence-corrected chi connectivity index (χ4v) is 6.53. The van der Waals surface area contributed by atoms with E-state index in [-0.39, 0.29) is 46.3 Å². The van der Waals surface area contributed by atoms with Crippen LogP contribution in [0.15, 0.2) is 109 Å². The number of aryl methyl sites for hydroxylation is 2. The van der Waals surface area contributed by atoms with Crippen molar-refractivity contribution in [3.8, 4) is 34.0 Å². The van der Waals surface area contributed by atoms with Gasteiger partial charge in [0.1, 0.15) is 45.9 Å². The van der Waals surface area contributed by atoms with Crippen molar-refractivity contribution in [1.29, 1.82) is 0 Å². The average molecular weight is 886 g/mol. The number of nitrogens with zero attached hydrogens (tertiary/aromatic N) is 2. The number of benzene rings is 4. The summed E-state index contributed by atoms with van der Waals surface area (Å²) in [5.41, 5.74) is 4.22. The highest BCUT2D eigenvalue weighted by Gasteiger charge is 2.24. The molecule has 0 unspecified atom stereocenters. The molecule has 0 spiro atoms. The van der Waals surface area contributed by atoms with Crippen LogP contribution in [-0.2, 0) is 9.59 Å². The quantitative estimate of drug-likeness (QED) is 0.0824. The van der Waals surface area contributed by atoms with Crippen LogP contribution in [0.5, 0.6) is 11.5 Å². The molecule has 12 nitrogen and oxygen atoms in total. The molecule has 0 fully saturated rings. The van der Waals surface area contributed by atoms with Gasteiger partial charge in [-0.25, -0.2) is 18.7 Å². The van der Waals surface area contributed by atoms with Gasteiger partial charge in [-0.15, -0.1) is 0 Å². The third-order valence-corrected chi connectivity index (χ3v) is 10.2. The molecular formula is C46H40Cl2F2N4O8. The van der Waals surface area contributed by atoms with E-state index in [9.17, 15) is 38.2 Å². The normalized spacial score (nSPS) is 11.6. The third kappa shape index (κ3) is 11.9. The second-order valence-corrected chi connectivity index (χ2v) is 14.6. The zero-order valence-corrected chi connectivity index (χ0v) is 35.2. The van der Waals surface area contributed by atoms with Crippen LogP contribution < -0.4 is 20.1 Å². The number of hydrogen-bond acceptors (Lipinski definition) is 8. The molecule has 0 saturated heterocycles. The van der Waals surface area contributed by atoms with Crippen molar-refractivity contribution in [3.63, 3.8) is 0 Å². The topological polar surface area (TPSA) is 177 Å². The number of carbonyl (C=O) groups is 4. The Kier molecular flexibility index (Phi) is 15.7. The number of rotatable bonds is 14. The molecule has 0 aliphatic heterocycles. The molecule has 62 heavy (non-hydrogen) atoms. The van der Waals surface area contributed by atoms with Crippen molar-refractivity contribution < 1.29 is 47.6 Å². The number of carbonyl (C=O) groups excluding carboxylic acids is 2. The van der Waals surface area contributed by atoms with Crippen molar-refractivity contribution in [2.24, 2.45) is 0 Å². The first-order valence-electron chi connectivity index (χ1n) is 18.8. The molecule has 16 heteroatoms. The number of aliphatic carboxylic acids is 2. The number of methoxy groups -OCH3 is 2. The van der Waals surface area contributed by atoms with Gasteiger partial charge in [-0.1, -0.05) is 95.0 Å². The van der Waals surface area contributed by atoms with Crippen LogP contribution in [0.3, 0.4) is 0 Å². The second kappa shape index (κ2) is 21.1.